The average Bonchev–Trinajstić information content (AvgIpc) is 2.63. The van der Waals surface area contributed by atoms with Gasteiger partial charge >= 0.3 is 0 Å². The standard InChI is InChI=1S/C20H21N5OS/c1-5-27-16-6-7-17(13(4)8-16)23-20-22-11-15-9-14(10-21)19(26)25(12(2)3)18(15)24-20/h6-9,11-12H,5H2,1-4H3,(H,22,23,24). The third-order valence-corrected chi connectivity index (χ3v) is 5.04. The Balaban J connectivity index is 2.06. The number of nitrogens with one attached hydrogen (secondary N) is 1. The summed E-state index contributed by atoms with van der Waals surface area (Å²) in [5, 5.41) is 13.1. The molecule has 0 unspecified atom stereocenters. The Morgan fingerprint density at radius 2 is 2.11 bits per heavy atom. The van der Waals surface area contributed by atoms with Crippen molar-refractivity contribution in [2.45, 2.75) is 38.6 Å². The number of pyridine rings is 1. The third kappa shape index (κ3) is 3.81. The van der Waals surface area contributed by atoms with E-state index in [1.54, 1.807) is 24.0 Å². The SMILES string of the molecule is CCSc1ccc(Nc2ncc3cc(C#N)c(=O)n(C(C)C)c3n2)c(C)c1. The van der Waals surface area contributed by atoms with Gasteiger partial charge in [-0.1, -0.05) is 6.92 Å². The monoisotopic (exact) mass is 379 g/mol. The normalized spacial score (nSPS) is 11.0. The molecular formula is C20H21N5OS. The highest BCUT2D eigenvalue weighted by molar-refractivity contribution is 7.99. The van der Waals surface area contributed by atoms with Gasteiger partial charge in [-0.05, 0) is 56.4 Å². The van der Waals surface area contributed by atoms with Crippen molar-refractivity contribution in [3.8, 4) is 6.07 Å². The van der Waals surface area contributed by atoms with Gasteiger partial charge in [-0.15, -0.1) is 11.8 Å². The summed E-state index contributed by atoms with van der Waals surface area (Å²) in [5.41, 5.74) is 2.30. The van der Waals surface area contributed by atoms with E-state index in [0.29, 0.717) is 17.0 Å². The van der Waals surface area contributed by atoms with Crippen LogP contribution in [-0.2, 0) is 0 Å². The van der Waals surface area contributed by atoms with Crippen molar-refractivity contribution < 1.29 is 0 Å². The summed E-state index contributed by atoms with van der Waals surface area (Å²) in [6, 6.07) is 9.57. The zero-order valence-corrected chi connectivity index (χ0v) is 16.6. The number of aryl methyl sites for hydroxylation is 1. The first-order valence-corrected chi connectivity index (χ1v) is 9.76. The van der Waals surface area contributed by atoms with Gasteiger partial charge in [0.15, 0.2) is 0 Å². The molecule has 0 bridgehead atoms. The highest BCUT2D eigenvalue weighted by atomic mass is 32.2. The molecule has 1 N–H and O–H groups in total. The van der Waals surface area contributed by atoms with Crippen LogP contribution in [0.2, 0.25) is 0 Å². The van der Waals surface area contributed by atoms with Crippen LogP contribution in [-0.4, -0.2) is 20.3 Å². The van der Waals surface area contributed by atoms with Crippen LogP contribution < -0.4 is 10.9 Å². The number of fused-ring (bicyclic) bond motifs is 1. The number of thioether (sulfide) groups is 1. The molecule has 0 aliphatic heterocycles. The van der Waals surface area contributed by atoms with E-state index in [1.807, 2.05) is 32.9 Å². The molecule has 0 atom stereocenters. The smallest absolute Gasteiger partial charge is 0.270 e. The van der Waals surface area contributed by atoms with E-state index in [1.165, 1.54) is 9.46 Å². The van der Waals surface area contributed by atoms with E-state index >= 15 is 0 Å². The van der Waals surface area contributed by atoms with Crippen LogP contribution in [0.3, 0.4) is 0 Å². The summed E-state index contributed by atoms with van der Waals surface area (Å²) in [7, 11) is 0. The van der Waals surface area contributed by atoms with E-state index < -0.39 is 0 Å². The second-order valence-electron chi connectivity index (χ2n) is 6.45. The Morgan fingerprint density at radius 3 is 2.74 bits per heavy atom. The van der Waals surface area contributed by atoms with Gasteiger partial charge in [-0.2, -0.15) is 10.2 Å². The minimum atomic E-state index is -0.332. The number of nitriles is 1. The molecule has 3 rings (SSSR count). The van der Waals surface area contributed by atoms with Crippen LogP contribution >= 0.6 is 11.8 Å². The molecule has 1 aromatic carbocycles. The summed E-state index contributed by atoms with van der Waals surface area (Å²) >= 11 is 1.79. The molecule has 0 amide bonds. The Morgan fingerprint density at radius 1 is 1.33 bits per heavy atom. The molecule has 27 heavy (non-hydrogen) atoms. The number of hydrogen-bond donors (Lipinski definition) is 1. The molecule has 2 heterocycles. The zero-order valence-electron chi connectivity index (χ0n) is 15.8. The molecule has 0 spiro atoms. The minimum Gasteiger partial charge on any atom is -0.324 e. The van der Waals surface area contributed by atoms with Gasteiger partial charge in [0.2, 0.25) is 5.95 Å². The molecule has 138 valence electrons. The van der Waals surface area contributed by atoms with E-state index in [4.69, 9.17) is 0 Å². The van der Waals surface area contributed by atoms with E-state index in [-0.39, 0.29) is 17.2 Å². The topological polar surface area (TPSA) is 83.6 Å². The summed E-state index contributed by atoms with van der Waals surface area (Å²) in [4.78, 5) is 22.7. The van der Waals surface area contributed by atoms with Crippen LogP contribution in [0.5, 0.6) is 0 Å². The van der Waals surface area contributed by atoms with Gasteiger partial charge in [-0.3, -0.25) is 9.36 Å². The molecule has 3 aromatic rings. The predicted molar refractivity (Wildman–Crippen MR) is 110 cm³/mol. The van der Waals surface area contributed by atoms with Crippen LogP contribution in [0.1, 0.15) is 37.9 Å². The molecule has 6 nitrogen and oxygen atoms in total. The zero-order chi connectivity index (χ0) is 19.6. The molecule has 0 aliphatic rings. The number of rotatable bonds is 5. The second kappa shape index (κ2) is 7.80. The fourth-order valence-electron chi connectivity index (χ4n) is 2.89. The van der Waals surface area contributed by atoms with Crippen molar-refractivity contribution in [2.24, 2.45) is 0 Å². The lowest BCUT2D eigenvalue weighted by molar-refractivity contribution is 0.594. The summed E-state index contributed by atoms with van der Waals surface area (Å²) in [5.74, 6) is 1.44. The predicted octanol–water partition coefficient (Wildman–Crippen LogP) is 4.41. The van der Waals surface area contributed by atoms with Gasteiger partial charge in [0.05, 0.1) is 0 Å². The molecule has 2 aromatic heterocycles. The van der Waals surface area contributed by atoms with Gasteiger partial charge in [0, 0.05) is 28.2 Å². The quantitative estimate of drug-likeness (QED) is 0.661. The Hall–Kier alpha value is -2.85. The average molecular weight is 379 g/mol. The Bertz CT molecular complexity index is 1100. The van der Waals surface area contributed by atoms with Crippen molar-refractivity contribution in [1.29, 1.82) is 5.26 Å². The van der Waals surface area contributed by atoms with Crippen LogP contribution in [0.4, 0.5) is 11.6 Å². The van der Waals surface area contributed by atoms with Crippen LogP contribution in [0.15, 0.2) is 40.2 Å². The Labute approximate surface area is 162 Å². The van der Waals surface area contributed by atoms with Crippen molar-refractivity contribution >= 4 is 34.4 Å². The maximum absolute atomic E-state index is 12.5. The van der Waals surface area contributed by atoms with E-state index in [2.05, 4.69) is 34.3 Å². The van der Waals surface area contributed by atoms with Crippen molar-refractivity contribution in [2.75, 3.05) is 11.1 Å². The highest BCUT2D eigenvalue weighted by Gasteiger charge is 2.14. The van der Waals surface area contributed by atoms with Gasteiger partial charge < -0.3 is 5.32 Å². The number of anilines is 2. The van der Waals surface area contributed by atoms with Crippen LogP contribution in [0.25, 0.3) is 11.0 Å². The summed E-state index contributed by atoms with van der Waals surface area (Å²) < 4.78 is 1.54. The number of nitrogens with zero attached hydrogens (tertiary/aromatic N) is 4. The summed E-state index contributed by atoms with van der Waals surface area (Å²) in [6.07, 6.45) is 1.64. The number of hydrogen-bond acceptors (Lipinski definition) is 6. The van der Waals surface area contributed by atoms with Gasteiger partial charge in [0.1, 0.15) is 17.3 Å². The number of benzene rings is 1. The molecule has 0 fully saturated rings. The van der Waals surface area contributed by atoms with E-state index in [9.17, 15) is 10.1 Å². The maximum Gasteiger partial charge on any atom is 0.270 e. The third-order valence-electron chi connectivity index (χ3n) is 4.17. The molecule has 0 aliphatic carbocycles. The number of aromatic nitrogens is 3. The fourth-order valence-corrected chi connectivity index (χ4v) is 3.65. The second-order valence-corrected chi connectivity index (χ2v) is 7.78. The van der Waals surface area contributed by atoms with Crippen molar-refractivity contribution in [3.63, 3.8) is 0 Å². The first-order chi connectivity index (χ1) is 12.9. The first-order valence-electron chi connectivity index (χ1n) is 8.77. The van der Waals surface area contributed by atoms with E-state index in [0.717, 1.165) is 17.0 Å². The van der Waals surface area contributed by atoms with Gasteiger partial charge in [0.25, 0.3) is 5.56 Å². The molecule has 0 saturated carbocycles. The largest absolute Gasteiger partial charge is 0.324 e. The lowest BCUT2D eigenvalue weighted by Gasteiger charge is -2.15. The molecule has 7 heteroatoms. The highest BCUT2D eigenvalue weighted by Crippen LogP contribution is 2.26. The fraction of sp³-hybridized carbons (Fsp3) is 0.300. The van der Waals surface area contributed by atoms with Gasteiger partial charge in [-0.25, -0.2) is 4.98 Å². The Kier molecular flexibility index (Phi) is 5.47. The van der Waals surface area contributed by atoms with Crippen molar-refractivity contribution in [1.82, 2.24) is 14.5 Å². The summed E-state index contributed by atoms with van der Waals surface area (Å²) in [6.45, 7) is 7.95. The molecule has 0 radical (unpaired) electrons. The molecular weight excluding hydrogens is 358 g/mol. The maximum atomic E-state index is 12.5. The first kappa shape index (κ1) is 18.9. The lowest BCUT2D eigenvalue weighted by atomic mass is 10.2. The van der Waals surface area contributed by atoms with Crippen molar-refractivity contribution in [3.05, 3.63) is 51.9 Å². The minimum absolute atomic E-state index is 0.0976. The lowest BCUT2D eigenvalue weighted by Crippen LogP contribution is -2.25. The van der Waals surface area contributed by atoms with Crippen LogP contribution in [0, 0.1) is 18.3 Å². The molecule has 0 saturated heterocycles.